The zero-order valence-electron chi connectivity index (χ0n) is 9.03. The Morgan fingerprint density at radius 2 is 2.43 bits per heavy atom. The van der Waals surface area contributed by atoms with Crippen molar-refractivity contribution < 1.29 is 4.74 Å². The van der Waals surface area contributed by atoms with Gasteiger partial charge in [0, 0.05) is 26.7 Å². The van der Waals surface area contributed by atoms with Crippen molar-refractivity contribution in [3.63, 3.8) is 0 Å². The lowest BCUT2D eigenvalue weighted by Gasteiger charge is -2.15. The fourth-order valence-corrected chi connectivity index (χ4v) is 1.24. The number of ether oxygens (including phenoxy) is 1. The fraction of sp³-hybridized carbons (Fsp3) is 0.778. The van der Waals surface area contributed by atoms with E-state index in [9.17, 15) is 0 Å². The summed E-state index contributed by atoms with van der Waals surface area (Å²) in [7, 11) is 3.61. The standard InChI is InChI=1S/C9H18N4O/c1-4-8(7-14-3)10-5-9-6-11-12-13(9)2/h6,8,10H,4-5,7H2,1-3H3. The van der Waals surface area contributed by atoms with Gasteiger partial charge in [-0.2, -0.15) is 0 Å². The molecule has 0 amide bonds. The highest BCUT2D eigenvalue weighted by atomic mass is 16.5. The van der Waals surface area contributed by atoms with E-state index < -0.39 is 0 Å². The third-order valence-electron chi connectivity index (χ3n) is 2.24. The second kappa shape index (κ2) is 5.72. The van der Waals surface area contributed by atoms with Crippen LogP contribution in [-0.4, -0.2) is 34.8 Å². The molecule has 1 heterocycles. The molecule has 1 aromatic heterocycles. The van der Waals surface area contributed by atoms with Crippen molar-refractivity contribution in [1.29, 1.82) is 0 Å². The highest BCUT2D eigenvalue weighted by Crippen LogP contribution is 1.96. The van der Waals surface area contributed by atoms with Crippen LogP contribution in [0, 0.1) is 0 Å². The Morgan fingerprint density at radius 1 is 1.64 bits per heavy atom. The molecule has 80 valence electrons. The van der Waals surface area contributed by atoms with E-state index >= 15 is 0 Å². The first-order valence-electron chi connectivity index (χ1n) is 4.83. The van der Waals surface area contributed by atoms with Crippen LogP contribution in [0.5, 0.6) is 0 Å². The number of hydrogen-bond donors (Lipinski definition) is 1. The van der Waals surface area contributed by atoms with Gasteiger partial charge < -0.3 is 10.1 Å². The van der Waals surface area contributed by atoms with Gasteiger partial charge in [-0.15, -0.1) is 5.10 Å². The number of hydrogen-bond acceptors (Lipinski definition) is 4. The van der Waals surface area contributed by atoms with Gasteiger partial charge in [0.1, 0.15) is 0 Å². The molecular weight excluding hydrogens is 180 g/mol. The van der Waals surface area contributed by atoms with Crippen LogP contribution in [0.2, 0.25) is 0 Å². The Kier molecular flexibility index (Phi) is 4.55. The highest BCUT2D eigenvalue weighted by molar-refractivity contribution is 4.92. The lowest BCUT2D eigenvalue weighted by molar-refractivity contribution is 0.163. The van der Waals surface area contributed by atoms with Crippen LogP contribution >= 0.6 is 0 Å². The van der Waals surface area contributed by atoms with Crippen molar-refractivity contribution in [2.75, 3.05) is 13.7 Å². The summed E-state index contributed by atoms with van der Waals surface area (Å²) in [4.78, 5) is 0. The molecule has 0 aliphatic heterocycles. The summed E-state index contributed by atoms with van der Waals surface area (Å²) >= 11 is 0. The third kappa shape index (κ3) is 3.08. The Labute approximate surface area is 84.4 Å². The van der Waals surface area contributed by atoms with E-state index in [1.807, 2.05) is 7.05 Å². The predicted octanol–water partition coefficient (Wildman–Crippen LogP) is 0.330. The smallest absolute Gasteiger partial charge is 0.0738 e. The molecule has 1 unspecified atom stereocenters. The van der Waals surface area contributed by atoms with Crippen molar-refractivity contribution in [3.05, 3.63) is 11.9 Å². The number of nitrogens with one attached hydrogen (secondary N) is 1. The largest absolute Gasteiger partial charge is 0.383 e. The summed E-state index contributed by atoms with van der Waals surface area (Å²) < 4.78 is 6.86. The lowest BCUT2D eigenvalue weighted by Crippen LogP contribution is -2.32. The number of aryl methyl sites for hydroxylation is 1. The summed E-state index contributed by atoms with van der Waals surface area (Å²) in [6, 6.07) is 0.398. The van der Waals surface area contributed by atoms with Gasteiger partial charge in [0.15, 0.2) is 0 Å². The topological polar surface area (TPSA) is 52.0 Å². The molecule has 0 radical (unpaired) electrons. The van der Waals surface area contributed by atoms with Gasteiger partial charge in [-0.3, -0.25) is 4.68 Å². The molecule has 14 heavy (non-hydrogen) atoms. The van der Waals surface area contributed by atoms with Gasteiger partial charge in [-0.1, -0.05) is 12.1 Å². The van der Waals surface area contributed by atoms with E-state index in [-0.39, 0.29) is 0 Å². The second-order valence-corrected chi connectivity index (χ2v) is 3.29. The molecule has 0 aliphatic rings. The average molecular weight is 198 g/mol. The van der Waals surface area contributed by atoms with Crippen molar-refractivity contribution >= 4 is 0 Å². The van der Waals surface area contributed by atoms with Gasteiger partial charge in [-0.25, -0.2) is 0 Å². The summed E-state index contributed by atoms with van der Waals surface area (Å²) in [5.41, 5.74) is 1.08. The van der Waals surface area contributed by atoms with Gasteiger partial charge in [0.2, 0.25) is 0 Å². The van der Waals surface area contributed by atoms with Crippen molar-refractivity contribution in [2.45, 2.75) is 25.9 Å². The molecule has 0 saturated heterocycles. The van der Waals surface area contributed by atoms with Crippen LogP contribution in [0.4, 0.5) is 0 Å². The van der Waals surface area contributed by atoms with E-state index in [1.165, 1.54) is 0 Å². The quantitative estimate of drug-likeness (QED) is 0.715. The molecule has 0 saturated carbocycles. The molecule has 1 aromatic rings. The Morgan fingerprint density at radius 3 is 2.93 bits per heavy atom. The van der Waals surface area contributed by atoms with Crippen molar-refractivity contribution in [1.82, 2.24) is 20.3 Å². The van der Waals surface area contributed by atoms with Gasteiger partial charge >= 0.3 is 0 Å². The Balaban J connectivity index is 2.35. The van der Waals surface area contributed by atoms with Crippen LogP contribution in [0.1, 0.15) is 19.0 Å². The molecular formula is C9H18N4O. The molecule has 5 heteroatoms. The minimum absolute atomic E-state index is 0.398. The van der Waals surface area contributed by atoms with E-state index in [0.29, 0.717) is 6.04 Å². The number of rotatable bonds is 6. The monoisotopic (exact) mass is 198 g/mol. The molecule has 1 N–H and O–H groups in total. The Hall–Kier alpha value is -0.940. The van der Waals surface area contributed by atoms with Crippen LogP contribution < -0.4 is 5.32 Å². The van der Waals surface area contributed by atoms with E-state index in [4.69, 9.17) is 4.74 Å². The van der Waals surface area contributed by atoms with Crippen LogP contribution in [0.3, 0.4) is 0 Å². The first-order valence-corrected chi connectivity index (χ1v) is 4.83. The highest BCUT2D eigenvalue weighted by Gasteiger charge is 2.06. The lowest BCUT2D eigenvalue weighted by atomic mass is 10.2. The maximum atomic E-state index is 5.09. The zero-order chi connectivity index (χ0) is 10.4. The van der Waals surface area contributed by atoms with E-state index in [2.05, 4.69) is 22.6 Å². The summed E-state index contributed by atoms with van der Waals surface area (Å²) in [6.07, 6.45) is 2.83. The molecule has 0 fully saturated rings. The van der Waals surface area contributed by atoms with Gasteiger partial charge in [0.25, 0.3) is 0 Å². The minimum Gasteiger partial charge on any atom is -0.383 e. The number of nitrogens with zero attached hydrogens (tertiary/aromatic N) is 3. The van der Waals surface area contributed by atoms with Crippen molar-refractivity contribution in [2.24, 2.45) is 7.05 Å². The molecule has 5 nitrogen and oxygen atoms in total. The summed E-state index contributed by atoms with van der Waals surface area (Å²) in [5, 5.41) is 11.1. The van der Waals surface area contributed by atoms with Crippen LogP contribution in [0.25, 0.3) is 0 Å². The van der Waals surface area contributed by atoms with Crippen LogP contribution in [0.15, 0.2) is 6.20 Å². The van der Waals surface area contributed by atoms with Gasteiger partial charge in [0.05, 0.1) is 18.5 Å². The first kappa shape index (κ1) is 11.1. The molecule has 1 rings (SSSR count). The Bertz CT molecular complexity index is 261. The van der Waals surface area contributed by atoms with E-state index in [0.717, 1.165) is 25.3 Å². The summed E-state index contributed by atoms with van der Waals surface area (Å²) in [6.45, 7) is 3.66. The first-order chi connectivity index (χ1) is 6.77. The molecule has 0 aromatic carbocycles. The zero-order valence-corrected chi connectivity index (χ0v) is 9.03. The second-order valence-electron chi connectivity index (χ2n) is 3.29. The maximum Gasteiger partial charge on any atom is 0.0738 e. The van der Waals surface area contributed by atoms with E-state index in [1.54, 1.807) is 18.0 Å². The molecule has 1 atom stereocenters. The van der Waals surface area contributed by atoms with Crippen molar-refractivity contribution in [3.8, 4) is 0 Å². The minimum atomic E-state index is 0.398. The van der Waals surface area contributed by atoms with Gasteiger partial charge in [-0.05, 0) is 6.42 Å². The number of aromatic nitrogens is 3. The third-order valence-corrected chi connectivity index (χ3v) is 2.24. The van der Waals surface area contributed by atoms with Crippen LogP contribution in [-0.2, 0) is 18.3 Å². The average Bonchev–Trinajstić information content (AvgIpc) is 2.59. The fourth-order valence-electron chi connectivity index (χ4n) is 1.24. The SMILES string of the molecule is CCC(COC)NCc1cnnn1C. The molecule has 0 bridgehead atoms. The summed E-state index contributed by atoms with van der Waals surface area (Å²) in [5.74, 6) is 0. The normalized spacial score (nSPS) is 13.1. The molecule has 0 aliphatic carbocycles. The number of methoxy groups -OCH3 is 1. The maximum absolute atomic E-state index is 5.09. The predicted molar refractivity (Wildman–Crippen MR) is 53.8 cm³/mol. The molecule has 0 spiro atoms.